The molecule has 0 saturated heterocycles. The number of anilines is 1. The van der Waals surface area contributed by atoms with Crippen LogP contribution < -0.4 is 5.32 Å². The number of esters is 1. The summed E-state index contributed by atoms with van der Waals surface area (Å²) in [4.78, 5) is 39.8. The lowest BCUT2D eigenvalue weighted by molar-refractivity contribution is -0.112. The summed E-state index contributed by atoms with van der Waals surface area (Å²) >= 11 is 0. The molecular formula is C19H16N2O4. The minimum atomic E-state index is -0.818. The van der Waals surface area contributed by atoms with Crippen molar-refractivity contribution in [3.8, 4) is 0 Å². The molecule has 1 heterocycles. The SMILES string of the molecule is CCOC(=O)c1ccccc1NC(=O)C(=O)c1c[nH]c2ccccc12. The van der Waals surface area contributed by atoms with Crippen LogP contribution in [0.25, 0.3) is 10.9 Å². The van der Waals surface area contributed by atoms with Crippen molar-refractivity contribution in [1.82, 2.24) is 4.98 Å². The molecule has 2 N–H and O–H groups in total. The summed E-state index contributed by atoms with van der Waals surface area (Å²) in [6.07, 6.45) is 1.50. The van der Waals surface area contributed by atoms with Crippen LogP contribution in [0, 0.1) is 0 Å². The van der Waals surface area contributed by atoms with Crippen LogP contribution in [0.2, 0.25) is 0 Å². The molecule has 25 heavy (non-hydrogen) atoms. The van der Waals surface area contributed by atoms with E-state index in [1.807, 2.05) is 12.1 Å². The molecule has 0 fully saturated rings. The average molecular weight is 336 g/mol. The van der Waals surface area contributed by atoms with E-state index in [0.717, 1.165) is 5.52 Å². The van der Waals surface area contributed by atoms with Crippen LogP contribution in [0.1, 0.15) is 27.6 Å². The number of rotatable bonds is 5. The number of H-pyrrole nitrogens is 1. The summed E-state index contributed by atoms with van der Waals surface area (Å²) in [5, 5.41) is 3.17. The van der Waals surface area contributed by atoms with E-state index in [4.69, 9.17) is 4.74 Å². The first-order valence-electron chi connectivity index (χ1n) is 7.79. The summed E-state index contributed by atoms with van der Waals surface area (Å²) in [7, 11) is 0. The lowest BCUT2D eigenvalue weighted by atomic mass is 10.1. The first-order chi connectivity index (χ1) is 12.1. The van der Waals surface area contributed by atoms with E-state index in [2.05, 4.69) is 10.3 Å². The average Bonchev–Trinajstić information content (AvgIpc) is 3.05. The number of benzene rings is 2. The van der Waals surface area contributed by atoms with E-state index < -0.39 is 17.7 Å². The minimum absolute atomic E-state index is 0.199. The maximum Gasteiger partial charge on any atom is 0.340 e. The van der Waals surface area contributed by atoms with Gasteiger partial charge in [-0.1, -0.05) is 30.3 Å². The van der Waals surface area contributed by atoms with Gasteiger partial charge in [0.15, 0.2) is 0 Å². The Morgan fingerprint density at radius 2 is 1.72 bits per heavy atom. The number of fused-ring (bicyclic) bond motifs is 1. The molecular weight excluding hydrogens is 320 g/mol. The Bertz CT molecular complexity index is 959. The van der Waals surface area contributed by atoms with Crippen LogP contribution in [0.5, 0.6) is 0 Å². The zero-order chi connectivity index (χ0) is 17.8. The first-order valence-corrected chi connectivity index (χ1v) is 7.79. The van der Waals surface area contributed by atoms with Crippen LogP contribution in [0.15, 0.2) is 54.7 Å². The Kier molecular flexibility index (Phi) is 4.61. The van der Waals surface area contributed by atoms with E-state index >= 15 is 0 Å². The Morgan fingerprint density at radius 3 is 2.52 bits per heavy atom. The number of aromatic nitrogens is 1. The van der Waals surface area contributed by atoms with Crippen molar-refractivity contribution < 1.29 is 19.1 Å². The number of nitrogens with one attached hydrogen (secondary N) is 2. The van der Waals surface area contributed by atoms with Crippen molar-refractivity contribution in [1.29, 1.82) is 0 Å². The van der Waals surface area contributed by atoms with Gasteiger partial charge in [0.1, 0.15) is 0 Å². The molecule has 0 aliphatic rings. The van der Waals surface area contributed by atoms with Crippen molar-refractivity contribution in [2.24, 2.45) is 0 Å². The zero-order valence-corrected chi connectivity index (χ0v) is 13.5. The minimum Gasteiger partial charge on any atom is -0.462 e. The van der Waals surface area contributed by atoms with Gasteiger partial charge in [0.25, 0.3) is 11.7 Å². The van der Waals surface area contributed by atoms with Gasteiger partial charge >= 0.3 is 5.97 Å². The second-order valence-electron chi connectivity index (χ2n) is 5.30. The first kappa shape index (κ1) is 16.4. The number of ketones is 1. The second-order valence-corrected chi connectivity index (χ2v) is 5.30. The Hall–Kier alpha value is -3.41. The van der Waals surface area contributed by atoms with Crippen LogP contribution in [-0.4, -0.2) is 29.3 Å². The molecule has 0 unspecified atom stereocenters. The molecule has 0 atom stereocenters. The quantitative estimate of drug-likeness (QED) is 0.425. The number of carbonyl (C=O) groups excluding carboxylic acids is 3. The fourth-order valence-electron chi connectivity index (χ4n) is 2.54. The fourth-order valence-corrected chi connectivity index (χ4v) is 2.54. The Labute approximate surface area is 143 Å². The van der Waals surface area contributed by atoms with Gasteiger partial charge < -0.3 is 15.0 Å². The third-order valence-corrected chi connectivity index (χ3v) is 3.71. The number of para-hydroxylation sites is 2. The van der Waals surface area contributed by atoms with Gasteiger partial charge in [0.2, 0.25) is 0 Å². The molecule has 0 bridgehead atoms. The molecule has 0 saturated carbocycles. The molecule has 3 aromatic rings. The maximum atomic E-state index is 12.5. The fraction of sp³-hybridized carbons (Fsp3) is 0.105. The number of amides is 1. The normalized spacial score (nSPS) is 10.4. The van der Waals surface area contributed by atoms with Crippen molar-refractivity contribution in [3.05, 3.63) is 65.9 Å². The molecule has 2 aromatic carbocycles. The van der Waals surface area contributed by atoms with Gasteiger partial charge in [-0.3, -0.25) is 9.59 Å². The largest absolute Gasteiger partial charge is 0.462 e. The highest BCUT2D eigenvalue weighted by Gasteiger charge is 2.22. The van der Waals surface area contributed by atoms with Gasteiger partial charge in [0.05, 0.1) is 23.4 Å². The number of hydrogen-bond donors (Lipinski definition) is 2. The monoisotopic (exact) mass is 336 g/mol. The van der Waals surface area contributed by atoms with Crippen molar-refractivity contribution in [2.45, 2.75) is 6.92 Å². The summed E-state index contributed by atoms with van der Waals surface area (Å²) in [5.74, 6) is -2.06. The molecule has 0 aliphatic heterocycles. The number of aromatic amines is 1. The van der Waals surface area contributed by atoms with Gasteiger partial charge in [-0.15, -0.1) is 0 Å². The predicted octanol–water partition coefficient (Wildman–Crippen LogP) is 3.17. The summed E-state index contributed by atoms with van der Waals surface area (Å²) < 4.78 is 4.96. The molecule has 6 nitrogen and oxygen atoms in total. The molecule has 1 aromatic heterocycles. The molecule has 0 spiro atoms. The predicted molar refractivity (Wildman–Crippen MR) is 93.7 cm³/mol. The van der Waals surface area contributed by atoms with Gasteiger partial charge in [-0.05, 0) is 25.1 Å². The Balaban J connectivity index is 1.85. The van der Waals surface area contributed by atoms with Gasteiger partial charge in [0, 0.05) is 17.1 Å². The highest BCUT2D eigenvalue weighted by molar-refractivity contribution is 6.48. The third-order valence-electron chi connectivity index (χ3n) is 3.71. The highest BCUT2D eigenvalue weighted by Crippen LogP contribution is 2.20. The van der Waals surface area contributed by atoms with Crippen molar-refractivity contribution >= 4 is 34.3 Å². The molecule has 3 rings (SSSR count). The number of carbonyl (C=O) groups is 3. The smallest absolute Gasteiger partial charge is 0.340 e. The molecule has 1 amide bonds. The zero-order valence-electron chi connectivity index (χ0n) is 13.5. The molecule has 126 valence electrons. The molecule has 0 radical (unpaired) electrons. The Morgan fingerprint density at radius 1 is 1.00 bits per heavy atom. The van der Waals surface area contributed by atoms with Gasteiger partial charge in [-0.25, -0.2) is 4.79 Å². The molecule has 0 aliphatic carbocycles. The van der Waals surface area contributed by atoms with Crippen molar-refractivity contribution in [3.63, 3.8) is 0 Å². The lowest BCUT2D eigenvalue weighted by Gasteiger charge is -2.09. The van der Waals surface area contributed by atoms with E-state index in [1.54, 1.807) is 37.3 Å². The summed E-state index contributed by atoms with van der Waals surface area (Å²) in [6.45, 7) is 1.91. The summed E-state index contributed by atoms with van der Waals surface area (Å²) in [6, 6.07) is 13.6. The maximum absolute atomic E-state index is 12.5. The number of ether oxygens (including phenoxy) is 1. The van der Waals surface area contributed by atoms with E-state index in [9.17, 15) is 14.4 Å². The van der Waals surface area contributed by atoms with Crippen molar-refractivity contribution in [2.75, 3.05) is 11.9 Å². The number of Topliss-reactive ketones (excluding diaryl/α,β-unsaturated/α-hetero) is 1. The summed E-state index contributed by atoms with van der Waals surface area (Å²) in [5.41, 5.74) is 1.48. The van der Waals surface area contributed by atoms with Crippen LogP contribution >= 0.6 is 0 Å². The van der Waals surface area contributed by atoms with Crippen LogP contribution in [-0.2, 0) is 9.53 Å². The van der Waals surface area contributed by atoms with E-state index in [1.165, 1.54) is 12.3 Å². The van der Waals surface area contributed by atoms with Crippen LogP contribution in [0.4, 0.5) is 5.69 Å². The third kappa shape index (κ3) is 3.28. The van der Waals surface area contributed by atoms with Gasteiger partial charge in [-0.2, -0.15) is 0 Å². The topological polar surface area (TPSA) is 88.3 Å². The van der Waals surface area contributed by atoms with E-state index in [0.29, 0.717) is 5.39 Å². The molecule has 6 heteroatoms. The standard InChI is InChI=1S/C19H16N2O4/c1-2-25-19(24)13-8-4-6-10-16(13)21-18(23)17(22)14-11-20-15-9-5-3-7-12(14)15/h3-11,20H,2H2,1H3,(H,21,23). The number of hydrogen-bond acceptors (Lipinski definition) is 4. The van der Waals surface area contributed by atoms with Crippen LogP contribution in [0.3, 0.4) is 0 Å². The van der Waals surface area contributed by atoms with E-state index in [-0.39, 0.29) is 23.4 Å². The second kappa shape index (κ2) is 7.00. The lowest BCUT2D eigenvalue weighted by Crippen LogP contribution is -2.24. The highest BCUT2D eigenvalue weighted by atomic mass is 16.5.